The van der Waals surface area contributed by atoms with Gasteiger partial charge in [0, 0.05) is 18.2 Å². The SMILES string of the molecule is CC[C@H](NC(=O)c1cccc(NC(C)=O)c1)C(=O)OC. The number of benzene rings is 1. The van der Waals surface area contributed by atoms with Crippen molar-refractivity contribution in [3.8, 4) is 0 Å². The molecule has 2 N–H and O–H groups in total. The van der Waals surface area contributed by atoms with Crippen molar-refractivity contribution < 1.29 is 19.1 Å². The van der Waals surface area contributed by atoms with Crippen molar-refractivity contribution in [3.63, 3.8) is 0 Å². The number of hydrogen-bond donors (Lipinski definition) is 2. The van der Waals surface area contributed by atoms with Crippen molar-refractivity contribution in [2.45, 2.75) is 26.3 Å². The number of esters is 1. The third kappa shape index (κ3) is 4.38. The van der Waals surface area contributed by atoms with Crippen LogP contribution in [-0.2, 0) is 14.3 Å². The lowest BCUT2D eigenvalue weighted by atomic mass is 10.1. The van der Waals surface area contributed by atoms with Crippen LogP contribution in [0, 0.1) is 0 Å². The summed E-state index contributed by atoms with van der Waals surface area (Å²) in [6.07, 6.45) is 0.434. The van der Waals surface area contributed by atoms with Gasteiger partial charge in [0.25, 0.3) is 5.91 Å². The van der Waals surface area contributed by atoms with Crippen LogP contribution in [0.5, 0.6) is 0 Å². The maximum Gasteiger partial charge on any atom is 0.328 e. The summed E-state index contributed by atoms with van der Waals surface area (Å²) in [6.45, 7) is 3.16. The van der Waals surface area contributed by atoms with Crippen molar-refractivity contribution in [2.75, 3.05) is 12.4 Å². The van der Waals surface area contributed by atoms with Crippen molar-refractivity contribution in [2.24, 2.45) is 0 Å². The molecule has 0 aromatic heterocycles. The van der Waals surface area contributed by atoms with Crippen LogP contribution in [0.2, 0.25) is 0 Å². The molecule has 108 valence electrons. The van der Waals surface area contributed by atoms with Crippen LogP contribution in [0.1, 0.15) is 30.6 Å². The molecule has 20 heavy (non-hydrogen) atoms. The second-order valence-electron chi connectivity index (χ2n) is 4.22. The van der Waals surface area contributed by atoms with E-state index in [2.05, 4.69) is 15.4 Å². The topological polar surface area (TPSA) is 84.5 Å². The maximum absolute atomic E-state index is 12.0. The number of amides is 2. The van der Waals surface area contributed by atoms with E-state index in [0.29, 0.717) is 17.7 Å². The average molecular weight is 278 g/mol. The Hall–Kier alpha value is -2.37. The Labute approximate surface area is 117 Å². The fourth-order valence-corrected chi connectivity index (χ4v) is 1.65. The number of ether oxygens (including phenoxy) is 1. The molecule has 1 aromatic rings. The molecular weight excluding hydrogens is 260 g/mol. The van der Waals surface area contributed by atoms with Gasteiger partial charge in [-0.3, -0.25) is 9.59 Å². The number of carbonyl (C=O) groups is 3. The van der Waals surface area contributed by atoms with E-state index in [1.165, 1.54) is 14.0 Å². The van der Waals surface area contributed by atoms with Gasteiger partial charge in [-0.2, -0.15) is 0 Å². The first-order valence-electron chi connectivity index (χ1n) is 6.24. The normalized spacial score (nSPS) is 11.3. The van der Waals surface area contributed by atoms with E-state index >= 15 is 0 Å². The molecule has 6 heteroatoms. The summed E-state index contributed by atoms with van der Waals surface area (Å²) in [5.41, 5.74) is 0.884. The zero-order valence-electron chi connectivity index (χ0n) is 11.7. The average Bonchev–Trinajstić information content (AvgIpc) is 2.43. The Balaban J connectivity index is 2.81. The molecule has 1 aromatic carbocycles. The predicted octanol–water partition coefficient (Wildman–Crippen LogP) is 1.33. The van der Waals surface area contributed by atoms with Gasteiger partial charge >= 0.3 is 5.97 Å². The van der Waals surface area contributed by atoms with E-state index in [0.717, 1.165) is 0 Å². The number of rotatable bonds is 5. The van der Waals surface area contributed by atoms with Gasteiger partial charge in [-0.1, -0.05) is 13.0 Å². The van der Waals surface area contributed by atoms with Gasteiger partial charge < -0.3 is 15.4 Å². The molecule has 0 heterocycles. The Morgan fingerprint density at radius 2 is 2.00 bits per heavy atom. The molecule has 6 nitrogen and oxygen atoms in total. The first-order chi connectivity index (χ1) is 9.47. The third-order valence-electron chi connectivity index (χ3n) is 2.64. The van der Waals surface area contributed by atoms with Crippen LogP contribution in [0.4, 0.5) is 5.69 Å². The van der Waals surface area contributed by atoms with Crippen LogP contribution in [0.25, 0.3) is 0 Å². The number of hydrogen-bond acceptors (Lipinski definition) is 4. The zero-order chi connectivity index (χ0) is 15.1. The molecule has 1 atom stereocenters. The van der Waals surface area contributed by atoms with Gasteiger partial charge in [-0.15, -0.1) is 0 Å². The summed E-state index contributed by atoms with van der Waals surface area (Å²) in [6, 6.07) is 5.79. The summed E-state index contributed by atoms with van der Waals surface area (Å²) in [4.78, 5) is 34.4. The molecule has 0 spiro atoms. The second-order valence-corrected chi connectivity index (χ2v) is 4.22. The molecule has 0 saturated heterocycles. The molecule has 0 aliphatic rings. The van der Waals surface area contributed by atoms with Gasteiger partial charge in [0.2, 0.25) is 5.91 Å². The summed E-state index contributed by atoms with van der Waals surface area (Å²) in [5.74, 6) is -1.10. The minimum atomic E-state index is -0.683. The summed E-state index contributed by atoms with van der Waals surface area (Å²) >= 11 is 0. The lowest BCUT2D eigenvalue weighted by Gasteiger charge is -2.14. The van der Waals surface area contributed by atoms with E-state index in [-0.39, 0.29) is 5.91 Å². The molecule has 1 rings (SSSR count). The molecule has 0 aliphatic carbocycles. The Morgan fingerprint density at radius 3 is 2.55 bits per heavy atom. The minimum Gasteiger partial charge on any atom is -0.467 e. The maximum atomic E-state index is 12.0. The summed E-state index contributed by atoms with van der Waals surface area (Å²) in [7, 11) is 1.27. The van der Waals surface area contributed by atoms with Crippen molar-refractivity contribution in [1.29, 1.82) is 0 Å². The lowest BCUT2D eigenvalue weighted by molar-refractivity contribution is -0.142. The van der Waals surface area contributed by atoms with Crippen LogP contribution in [0.15, 0.2) is 24.3 Å². The predicted molar refractivity (Wildman–Crippen MR) is 74.3 cm³/mol. The van der Waals surface area contributed by atoms with Crippen LogP contribution in [0.3, 0.4) is 0 Å². The molecule has 0 bridgehead atoms. The van der Waals surface area contributed by atoms with Gasteiger partial charge in [0.15, 0.2) is 0 Å². The number of methoxy groups -OCH3 is 1. The fourth-order valence-electron chi connectivity index (χ4n) is 1.65. The minimum absolute atomic E-state index is 0.219. The van der Waals surface area contributed by atoms with Crippen molar-refractivity contribution >= 4 is 23.5 Å². The third-order valence-corrected chi connectivity index (χ3v) is 2.64. The Morgan fingerprint density at radius 1 is 1.30 bits per heavy atom. The Bertz CT molecular complexity index is 514. The van der Waals surface area contributed by atoms with Gasteiger partial charge in [0.1, 0.15) is 6.04 Å². The lowest BCUT2D eigenvalue weighted by Crippen LogP contribution is -2.41. The van der Waals surface area contributed by atoms with Crippen LogP contribution >= 0.6 is 0 Å². The highest BCUT2D eigenvalue weighted by Gasteiger charge is 2.20. The fraction of sp³-hybridized carbons (Fsp3) is 0.357. The first-order valence-corrected chi connectivity index (χ1v) is 6.24. The van der Waals surface area contributed by atoms with E-state index in [9.17, 15) is 14.4 Å². The van der Waals surface area contributed by atoms with Crippen molar-refractivity contribution in [3.05, 3.63) is 29.8 Å². The van der Waals surface area contributed by atoms with Crippen molar-refractivity contribution in [1.82, 2.24) is 5.32 Å². The highest BCUT2D eigenvalue weighted by molar-refractivity contribution is 5.98. The molecule has 0 unspecified atom stereocenters. The summed E-state index contributed by atoms with van der Waals surface area (Å²) in [5, 5.41) is 5.18. The monoisotopic (exact) mass is 278 g/mol. The zero-order valence-corrected chi connectivity index (χ0v) is 11.7. The molecule has 0 fully saturated rings. The molecule has 0 radical (unpaired) electrons. The largest absolute Gasteiger partial charge is 0.467 e. The number of anilines is 1. The smallest absolute Gasteiger partial charge is 0.328 e. The highest BCUT2D eigenvalue weighted by atomic mass is 16.5. The van der Waals surface area contributed by atoms with E-state index in [1.807, 2.05) is 0 Å². The number of nitrogens with one attached hydrogen (secondary N) is 2. The van der Waals surface area contributed by atoms with Gasteiger partial charge in [0.05, 0.1) is 7.11 Å². The van der Waals surface area contributed by atoms with Gasteiger partial charge in [-0.25, -0.2) is 4.79 Å². The van der Waals surface area contributed by atoms with E-state index in [1.54, 1.807) is 31.2 Å². The van der Waals surface area contributed by atoms with Crippen LogP contribution in [-0.4, -0.2) is 30.9 Å². The molecule has 2 amide bonds. The highest BCUT2D eigenvalue weighted by Crippen LogP contribution is 2.11. The van der Waals surface area contributed by atoms with E-state index < -0.39 is 17.9 Å². The second kappa shape index (κ2) is 7.28. The Kier molecular flexibility index (Phi) is 5.71. The summed E-state index contributed by atoms with van der Waals surface area (Å²) < 4.78 is 4.61. The van der Waals surface area contributed by atoms with E-state index in [4.69, 9.17) is 0 Å². The molecule has 0 aliphatic heterocycles. The standard InChI is InChI=1S/C14H18N2O4/c1-4-12(14(19)20-3)16-13(18)10-6-5-7-11(8-10)15-9(2)17/h5-8,12H,4H2,1-3H3,(H,15,17)(H,16,18)/t12-/m0/s1. The molecule has 0 saturated carbocycles. The van der Waals surface area contributed by atoms with Gasteiger partial charge in [-0.05, 0) is 24.6 Å². The quantitative estimate of drug-likeness (QED) is 0.796. The van der Waals surface area contributed by atoms with Crippen LogP contribution < -0.4 is 10.6 Å². The number of carbonyl (C=O) groups excluding carboxylic acids is 3. The molecular formula is C14H18N2O4. The first kappa shape index (κ1) is 15.7.